The molecule has 0 amide bonds. The van der Waals surface area contributed by atoms with Crippen molar-refractivity contribution in [3.05, 3.63) is 30.1 Å². The highest BCUT2D eigenvalue weighted by molar-refractivity contribution is 5.46. The van der Waals surface area contributed by atoms with Crippen molar-refractivity contribution in [1.82, 2.24) is 0 Å². The zero-order valence-corrected chi connectivity index (χ0v) is 7.47. The van der Waals surface area contributed by atoms with Crippen molar-refractivity contribution in [2.24, 2.45) is 0 Å². The van der Waals surface area contributed by atoms with Crippen molar-refractivity contribution < 1.29 is 4.39 Å². The Morgan fingerprint density at radius 3 is 2.58 bits per heavy atom. The van der Waals surface area contributed by atoms with Crippen molar-refractivity contribution in [2.45, 2.75) is 13.8 Å². The molecule has 0 saturated heterocycles. The smallest absolute Gasteiger partial charge is 0.154 e. The molecule has 0 saturated carbocycles. The van der Waals surface area contributed by atoms with Crippen molar-refractivity contribution in [3.63, 3.8) is 0 Å². The third-order valence-electron chi connectivity index (χ3n) is 1.89. The van der Waals surface area contributed by atoms with E-state index in [0.29, 0.717) is 5.69 Å². The SMILES string of the molecule is CCN(CC)c1ccc[c]c1F. The molecule has 1 radical (unpaired) electrons. The first kappa shape index (κ1) is 9.04. The Hall–Kier alpha value is -1.05. The molecule has 12 heavy (non-hydrogen) atoms. The second kappa shape index (κ2) is 4.10. The molecule has 0 spiro atoms. The summed E-state index contributed by atoms with van der Waals surface area (Å²) < 4.78 is 13.1. The molecular formula is C10H13FN. The second-order valence-corrected chi connectivity index (χ2v) is 2.54. The van der Waals surface area contributed by atoms with Gasteiger partial charge in [-0.05, 0) is 19.9 Å². The molecule has 65 valence electrons. The largest absolute Gasteiger partial charge is 0.370 e. The molecule has 0 heterocycles. The minimum Gasteiger partial charge on any atom is -0.370 e. The van der Waals surface area contributed by atoms with Crippen LogP contribution in [0.3, 0.4) is 0 Å². The van der Waals surface area contributed by atoms with E-state index < -0.39 is 0 Å². The molecule has 1 aromatic rings. The predicted octanol–water partition coefficient (Wildman–Crippen LogP) is 2.47. The van der Waals surface area contributed by atoms with Crippen LogP contribution in [0.15, 0.2) is 18.2 Å². The van der Waals surface area contributed by atoms with Crippen LogP contribution in [-0.4, -0.2) is 13.1 Å². The van der Waals surface area contributed by atoms with Crippen molar-refractivity contribution >= 4 is 5.69 Å². The normalized spacial score (nSPS) is 9.92. The quantitative estimate of drug-likeness (QED) is 0.666. The van der Waals surface area contributed by atoms with Gasteiger partial charge in [0.15, 0.2) is 5.82 Å². The number of hydrogen-bond donors (Lipinski definition) is 0. The summed E-state index contributed by atoms with van der Waals surface area (Å²) in [6, 6.07) is 7.71. The molecule has 0 aliphatic rings. The fourth-order valence-electron chi connectivity index (χ4n) is 1.22. The van der Waals surface area contributed by atoms with Crippen LogP contribution in [0.2, 0.25) is 0 Å². The van der Waals surface area contributed by atoms with Gasteiger partial charge < -0.3 is 4.90 Å². The average Bonchev–Trinajstić information content (AvgIpc) is 2.10. The summed E-state index contributed by atoms with van der Waals surface area (Å²) in [6.07, 6.45) is 0. The van der Waals surface area contributed by atoms with E-state index in [1.165, 1.54) is 0 Å². The summed E-state index contributed by atoms with van der Waals surface area (Å²) in [4.78, 5) is 1.96. The van der Waals surface area contributed by atoms with Crippen molar-refractivity contribution in [2.75, 3.05) is 18.0 Å². The van der Waals surface area contributed by atoms with Crippen LogP contribution in [0.5, 0.6) is 0 Å². The first-order valence-corrected chi connectivity index (χ1v) is 4.20. The molecule has 2 heteroatoms. The topological polar surface area (TPSA) is 3.24 Å². The van der Waals surface area contributed by atoms with Gasteiger partial charge in [0, 0.05) is 19.2 Å². The van der Waals surface area contributed by atoms with Gasteiger partial charge in [-0.15, -0.1) is 0 Å². The van der Waals surface area contributed by atoms with E-state index in [2.05, 4.69) is 6.07 Å². The van der Waals surface area contributed by atoms with Gasteiger partial charge in [-0.1, -0.05) is 12.1 Å². The van der Waals surface area contributed by atoms with E-state index in [9.17, 15) is 4.39 Å². The van der Waals surface area contributed by atoms with E-state index >= 15 is 0 Å². The number of nitrogens with zero attached hydrogens (tertiary/aromatic N) is 1. The van der Waals surface area contributed by atoms with Gasteiger partial charge >= 0.3 is 0 Å². The molecule has 0 aromatic heterocycles. The minimum atomic E-state index is -0.263. The number of rotatable bonds is 3. The van der Waals surface area contributed by atoms with E-state index in [1.54, 1.807) is 18.2 Å². The predicted molar refractivity (Wildman–Crippen MR) is 48.8 cm³/mol. The van der Waals surface area contributed by atoms with Crippen molar-refractivity contribution in [3.8, 4) is 0 Å². The van der Waals surface area contributed by atoms with E-state index in [-0.39, 0.29) is 5.82 Å². The lowest BCUT2D eigenvalue weighted by molar-refractivity contribution is 0.618. The summed E-state index contributed by atoms with van der Waals surface area (Å²) in [5, 5.41) is 0. The highest BCUT2D eigenvalue weighted by Crippen LogP contribution is 2.16. The van der Waals surface area contributed by atoms with Gasteiger partial charge in [0.2, 0.25) is 0 Å². The summed E-state index contributed by atoms with van der Waals surface area (Å²) in [5.41, 5.74) is 0.641. The lowest BCUT2D eigenvalue weighted by Gasteiger charge is -2.20. The number of anilines is 1. The van der Waals surface area contributed by atoms with Gasteiger partial charge in [0.25, 0.3) is 0 Å². The molecule has 0 N–H and O–H groups in total. The molecule has 0 unspecified atom stereocenters. The van der Waals surface area contributed by atoms with Crippen molar-refractivity contribution in [1.29, 1.82) is 0 Å². The summed E-state index contributed by atoms with van der Waals surface area (Å²) in [7, 11) is 0. The van der Waals surface area contributed by atoms with Gasteiger partial charge in [0.1, 0.15) is 0 Å². The molecule has 0 aliphatic carbocycles. The van der Waals surface area contributed by atoms with Gasteiger partial charge in [-0.2, -0.15) is 0 Å². The molecule has 1 rings (SSSR count). The molecule has 1 aromatic carbocycles. The Morgan fingerprint density at radius 1 is 1.42 bits per heavy atom. The molecular weight excluding hydrogens is 153 g/mol. The summed E-state index contributed by atoms with van der Waals surface area (Å²) >= 11 is 0. The summed E-state index contributed by atoms with van der Waals surface area (Å²) in [6.45, 7) is 5.67. The van der Waals surface area contributed by atoms with Crippen LogP contribution in [0.1, 0.15) is 13.8 Å². The van der Waals surface area contributed by atoms with Gasteiger partial charge in [-0.3, -0.25) is 0 Å². The number of hydrogen-bond acceptors (Lipinski definition) is 1. The lowest BCUT2D eigenvalue weighted by atomic mass is 10.2. The highest BCUT2D eigenvalue weighted by Gasteiger charge is 2.05. The van der Waals surface area contributed by atoms with Gasteiger partial charge in [-0.25, -0.2) is 4.39 Å². The minimum absolute atomic E-state index is 0.263. The van der Waals surface area contributed by atoms with Crippen LogP contribution in [0.4, 0.5) is 10.1 Å². The third kappa shape index (κ3) is 1.76. The Kier molecular flexibility index (Phi) is 3.09. The monoisotopic (exact) mass is 166 g/mol. The number of halogens is 1. The van der Waals surface area contributed by atoms with Crippen LogP contribution in [0, 0.1) is 11.9 Å². The average molecular weight is 166 g/mol. The Balaban J connectivity index is 2.92. The van der Waals surface area contributed by atoms with E-state index in [1.807, 2.05) is 18.7 Å². The maximum absolute atomic E-state index is 13.1. The fourth-order valence-corrected chi connectivity index (χ4v) is 1.22. The first-order valence-electron chi connectivity index (χ1n) is 4.20. The zero-order chi connectivity index (χ0) is 8.97. The maximum atomic E-state index is 13.1. The fraction of sp³-hybridized carbons (Fsp3) is 0.400. The van der Waals surface area contributed by atoms with E-state index in [4.69, 9.17) is 0 Å². The van der Waals surface area contributed by atoms with E-state index in [0.717, 1.165) is 13.1 Å². The molecule has 0 atom stereocenters. The molecule has 0 aliphatic heterocycles. The number of benzene rings is 1. The molecule has 0 bridgehead atoms. The standard InChI is InChI=1S/C10H13FN/c1-3-12(4-2)10-8-6-5-7-9(10)11/h5-6,8H,3-4H2,1-2H3. The Bertz CT molecular complexity index is 243. The molecule has 1 nitrogen and oxygen atoms in total. The highest BCUT2D eigenvalue weighted by atomic mass is 19.1. The lowest BCUT2D eigenvalue weighted by Crippen LogP contribution is -2.22. The third-order valence-corrected chi connectivity index (χ3v) is 1.89. The van der Waals surface area contributed by atoms with Crippen LogP contribution in [-0.2, 0) is 0 Å². The van der Waals surface area contributed by atoms with Crippen LogP contribution in [0.25, 0.3) is 0 Å². The second-order valence-electron chi connectivity index (χ2n) is 2.54. The molecule has 0 fully saturated rings. The van der Waals surface area contributed by atoms with Gasteiger partial charge in [0.05, 0.1) is 5.69 Å². The Morgan fingerprint density at radius 2 is 2.08 bits per heavy atom. The zero-order valence-electron chi connectivity index (χ0n) is 7.47. The maximum Gasteiger partial charge on any atom is 0.154 e. The summed E-state index contributed by atoms with van der Waals surface area (Å²) in [5.74, 6) is -0.263. The Labute approximate surface area is 72.8 Å². The van der Waals surface area contributed by atoms with Crippen LogP contribution < -0.4 is 4.90 Å². The first-order chi connectivity index (χ1) is 5.79. The van der Waals surface area contributed by atoms with Crippen LogP contribution >= 0.6 is 0 Å².